The minimum atomic E-state index is 0.137. The fourth-order valence-corrected chi connectivity index (χ4v) is 3.20. The van der Waals surface area contributed by atoms with Crippen LogP contribution in [0.2, 0.25) is 4.34 Å². The first-order chi connectivity index (χ1) is 9.61. The van der Waals surface area contributed by atoms with E-state index < -0.39 is 0 Å². The number of rotatable bonds is 6. The van der Waals surface area contributed by atoms with Crippen molar-refractivity contribution in [3.8, 4) is 0 Å². The maximum absolute atomic E-state index is 5.97. The Bertz CT molecular complexity index is 575. The fraction of sp³-hybridized carbons (Fsp3) is 0.385. The molecule has 1 unspecified atom stereocenters. The first-order valence-corrected chi connectivity index (χ1v) is 8.36. The summed E-state index contributed by atoms with van der Waals surface area (Å²) in [6.45, 7) is 5.07. The Hall–Kier alpha value is -0.850. The van der Waals surface area contributed by atoms with Crippen molar-refractivity contribution in [3.05, 3.63) is 32.1 Å². The number of halogens is 2. The number of nitrogens with zero attached hydrogens (tertiary/aromatic N) is 2. The third kappa shape index (κ3) is 3.84. The van der Waals surface area contributed by atoms with E-state index in [0.717, 1.165) is 33.4 Å². The van der Waals surface area contributed by atoms with E-state index in [-0.39, 0.29) is 6.04 Å². The van der Waals surface area contributed by atoms with Crippen molar-refractivity contribution in [1.82, 2.24) is 9.97 Å². The minimum Gasteiger partial charge on any atom is -0.369 e. The molecule has 0 bridgehead atoms. The molecule has 0 amide bonds. The van der Waals surface area contributed by atoms with E-state index in [1.165, 1.54) is 4.88 Å². The van der Waals surface area contributed by atoms with Gasteiger partial charge in [-0.15, -0.1) is 11.3 Å². The van der Waals surface area contributed by atoms with Crippen LogP contribution in [-0.4, -0.2) is 16.5 Å². The number of aromatic nitrogens is 2. The summed E-state index contributed by atoms with van der Waals surface area (Å²) in [7, 11) is 0. The SMILES string of the molecule is CCCNc1ncnc(NC(C)c2ccc(Cl)s2)c1Br. The van der Waals surface area contributed by atoms with E-state index >= 15 is 0 Å². The first kappa shape index (κ1) is 15.5. The van der Waals surface area contributed by atoms with Gasteiger partial charge in [0.15, 0.2) is 0 Å². The van der Waals surface area contributed by atoms with E-state index in [0.29, 0.717) is 0 Å². The lowest BCUT2D eigenvalue weighted by Crippen LogP contribution is -2.10. The van der Waals surface area contributed by atoms with Gasteiger partial charge in [-0.1, -0.05) is 18.5 Å². The molecule has 2 heterocycles. The van der Waals surface area contributed by atoms with Gasteiger partial charge in [0.2, 0.25) is 0 Å². The average Bonchev–Trinajstić information content (AvgIpc) is 2.86. The quantitative estimate of drug-likeness (QED) is 0.750. The van der Waals surface area contributed by atoms with Crippen LogP contribution in [0.15, 0.2) is 22.9 Å². The summed E-state index contributed by atoms with van der Waals surface area (Å²) < 4.78 is 1.64. The van der Waals surface area contributed by atoms with Gasteiger partial charge in [0, 0.05) is 11.4 Å². The highest BCUT2D eigenvalue weighted by Crippen LogP contribution is 2.32. The summed E-state index contributed by atoms with van der Waals surface area (Å²) in [5, 5.41) is 6.63. The Morgan fingerprint density at radius 1 is 1.35 bits per heavy atom. The van der Waals surface area contributed by atoms with Gasteiger partial charge in [0.25, 0.3) is 0 Å². The monoisotopic (exact) mass is 374 g/mol. The highest BCUT2D eigenvalue weighted by Gasteiger charge is 2.13. The number of hydrogen-bond acceptors (Lipinski definition) is 5. The maximum Gasteiger partial charge on any atom is 0.146 e. The molecular formula is C13H16BrClN4S. The molecule has 0 aliphatic heterocycles. The van der Waals surface area contributed by atoms with Crippen LogP contribution >= 0.6 is 38.9 Å². The summed E-state index contributed by atoms with van der Waals surface area (Å²) in [5.41, 5.74) is 0. The second-order valence-corrected chi connectivity index (χ2v) is 6.86. The lowest BCUT2D eigenvalue weighted by atomic mass is 10.3. The number of hydrogen-bond donors (Lipinski definition) is 2. The molecule has 0 fully saturated rings. The van der Waals surface area contributed by atoms with Gasteiger partial charge >= 0.3 is 0 Å². The van der Waals surface area contributed by atoms with Gasteiger partial charge < -0.3 is 10.6 Å². The molecule has 2 N–H and O–H groups in total. The number of thiophene rings is 1. The Morgan fingerprint density at radius 2 is 2.10 bits per heavy atom. The lowest BCUT2D eigenvalue weighted by molar-refractivity contribution is 0.888. The number of anilines is 2. The van der Waals surface area contributed by atoms with Crippen molar-refractivity contribution < 1.29 is 0 Å². The zero-order chi connectivity index (χ0) is 14.5. The Balaban J connectivity index is 2.12. The van der Waals surface area contributed by atoms with E-state index in [1.54, 1.807) is 17.7 Å². The molecule has 0 radical (unpaired) electrons. The standard InChI is InChI=1S/C13H16BrClN4S/c1-3-6-16-12-11(14)13(18-7-17-12)19-8(2)9-4-5-10(15)20-9/h4-5,7-8H,3,6H2,1-2H3,(H2,16,17,18,19). The van der Waals surface area contributed by atoms with Gasteiger partial charge in [-0.25, -0.2) is 9.97 Å². The van der Waals surface area contributed by atoms with Crippen LogP contribution in [0.1, 0.15) is 31.2 Å². The van der Waals surface area contributed by atoms with E-state index in [2.05, 4.69) is 50.4 Å². The Labute approximate surface area is 136 Å². The lowest BCUT2D eigenvalue weighted by Gasteiger charge is -2.15. The van der Waals surface area contributed by atoms with Crippen molar-refractivity contribution in [2.45, 2.75) is 26.3 Å². The van der Waals surface area contributed by atoms with E-state index in [1.807, 2.05) is 12.1 Å². The summed E-state index contributed by atoms with van der Waals surface area (Å²) in [6, 6.07) is 4.07. The first-order valence-electron chi connectivity index (χ1n) is 6.38. The summed E-state index contributed by atoms with van der Waals surface area (Å²) in [4.78, 5) is 9.68. The second-order valence-electron chi connectivity index (χ2n) is 4.32. The van der Waals surface area contributed by atoms with Gasteiger partial charge in [-0.05, 0) is 41.4 Å². The highest BCUT2D eigenvalue weighted by atomic mass is 79.9. The van der Waals surface area contributed by atoms with Crippen LogP contribution < -0.4 is 10.6 Å². The summed E-state index contributed by atoms with van der Waals surface area (Å²) >= 11 is 11.1. The van der Waals surface area contributed by atoms with Crippen LogP contribution in [0.25, 0.3) is 0 Å². The largest absolute Gasteiger partial charge is 0.369 e. The van der Waals surface area contributed by atoms with Gasteiger partial charge in [0.1, 0.15) is 22.4 Å². The average molecular weight is 376 g/mol. The van der Waals surface area contributed by atoms with Crippen molar-refractivity contribution >= 4 is 50.5 Å². The molecule has 0 aliphatic carbocycles. The Kier molecular flexibility index (Phi) is 5.63. The molecule has 0 aliphatic rings. The topological polar surface area (TPSA) is 49.8 Å². The molecule has 4 nitrogen and oxygen atoms in total. The molecule has 0 aromatic carbocycles. The predicted octanol–water partition coefficient (Wildman–Crippen LogP) is 4.95. The zero-order valence-electron chi connectivity index (χ0n) is 11.3. The van der Waals surface area contributed by atoms with Crippen LogP contribution in [-0.2, 0) is 0 Å². The molecule has 7 heteroatoms. The van der Waals surface area contributed by atoms with E-state index in [4.69, 9.17) is 11.6 Å². The van der Waals surface area contributed by atoms with Gasteiger partial charge in [-0.2, -0.15) is 0 Å². The van der Waals surface area contributed by atoms with Crippen molar-refractivity contribution in [2.24, 2.45) is 0 Å². The van der Waals surface area contributed by atoms with Crippen LogP contribution in [0.3, 0.4) is 0 Å². The molecular weight excluding hydrogens is 360 g/mol. The molecule has 0 spiro atoms. The molecule has 2 aromatic heterocycles. The highest BCUT2D eigenvalue weighted by molar-refractivity contribution is 9.10. The minimum absolute atomic E-state index is 0.137. The zero-order valence-corrected chi connectivity index (χ0v) is 14.4. The smallest absolute Gasteiger partial charge is 0.146 e. The number of nitrogens with one attached hydrogen (secondary N) is 2. The van der Waals surface area contributed by atoms with E-state index in [9.17, 15) is 0 Å². The predicted molar refractivity (Wildman–Crippen MR) is 89.9 cm³/mol. The van der Waals surface area contributed by atoms with Gasteiger partial charge in [0.05, 0.1) is 10.4 Å². The van der Waals surface area contributed by atoms with Crippen molar-refractivity contribution in [1.29, 1.82) is 0 Å². The van der Waals surface area contributed by atoms with Crippen LogP contribution in [0.4, 0.5) is 11.6 Å². The second kappa shape index (κ2) is 7.24. The summed E-state index contributed by atoms with van der Waals surface area (Å²) in [5.74, 6) is 1.58. The maximum atomic E-state index is 5.97. The molecule has 2 rings (SSSR count). The molecule has 0 saturated carbocycles. The van der Waals surface area contributed by atoms with Crippen LogP contribution in [0, 0.1) is 0 Å². The normalized spacial score (nSPS) is 12.2. The van der Waals surface area contributed by atoms with Crippen molar-refractivity contribution in [3.63, 3.8) is 0 Å². The molecule has 2 aromatic rings. The third-order valence-corrected chi connectivity index (χ3v) is 4.87. The Morgan fingerprint density at radius 3 is 2.75 bits per heavy atom. The van der Waals surface area contributed by atoms with Crippen molar-refractivity contribution in [2.75, 3.05) is 17.2 Å². The fourth-order valence-electron chi connectivity index (χ4n) is 1.67. The molecule has 1 atom stereocenters. The molecule has 108 valence electrons. The summed E-state index contributed by atoms with van der Waals surface area (Å²) in [6.07, 6.45) is 2.60. The van der Waals surface area contributed by atoms with Gasteiger partial charge in [-0.3, -0.25) is 0 Å². The molecule has 0 saturated heterocycles. The van der Waals surface area contributed by atoms with Crippen LogP contribution in [0.5, 0.6) is 0 Å². The third-order valence-electron chi connectivity index (χ3n) is 2.71. The molecule has 20 heavy (non-hydrogen) atoms.